The van der Waals surface area contributed by atoms with Gasteiger partial charge in [-0.2, -0.15) is 26.3 Å². The fraction of sp³-hybridized carbons (Fsp3) is 0.294. The van der Waals surface area contributed by atoms with Gasteiger partial charge in [-0.1, -0.05) is 0 Å². The summed E-state index contributed by atoms with van der Waals surface area (Å²) in [6, 6.07) is 1.03. The minimum atomic E-state index is -4.99. The van der Waals surface area contributed by atoms with Gasteiger partial charge in [0.2, 0.25) is 5.91 Å². The van der Waals surface area contributed by atoms with Gasteiger partial charge in [-0.05, 0) is 18.2 Å². The number of nitrogens with two attached hydrogens (primary N) is 1. The average molecular weight is 436 g/mol. The number of aromatic nitrogens is 3. The zero-order chi connectivity index (χ0) is 22.5. The Bertz CT molecular complexity index is 917. The molecule has 13 heteroatoms. The molecule has 30 heavy (non-hydrogen) atoms. The summed E-state index contributed by atoms with van der Waals surface area (Å²) in [5.74, 6) is -1.09. The van der Waals surface area contributed by atoms with E-state index in [-0.39, 0.29) is 30.8 Å². The van der Waals surface area contributed by atoms with Crippen molar-refractivity contribution in [2.45, 2.75) is 18.8 Å². The van der Waals surface area contributed by atoms with Crippen molar-refractivity contribution >= 4 is 18.0 Å². The molecule has 7 nitrogen and oxygen atoms in total. The third-order valence-corrected chi connectivity index (χ3v) is 3.74. The van der Waals surface area contributed by atoms with Crippen molar-refractivity contribution in [2.75, 3.05) is 13.6 Å². The zero-order valence-electron chi connectivity index (χ0n) is 15.4. The van der Waals surface area contributed by atoms with E-state index in [0.717, 1.165) is 23.3 Å². The molecule has 0 saturated heterocycles. The summed E-state index contributed by atoms with van der Waals surface area (Å²) in [4.78, 5) is 26.4. The Morgan fingerprint density at radius 1 is 1.10 bits per heavy atom. The molecule has 0 fully saturated rings. The number of hydrogen-bond donors (Lipinski definition) is 2. The summed E-state index contributed by atoms with van der Waals surface area (Å²) in [6.07, 6.45) is -6.65. The number of carbonyl (C=O) groups is 2. The van der Waals surface area contributed by atoms with E-state index in [1.54, 1.807) is 0 Å². The summed E-state index contributed by atoms with van der Waals surface area (Å²) in [5.41, 5.74) is -3.45. The molecule has 2 amide bonds. The first-order valence-electron chi connectivity index (χ1n) is 8.37. The molecule has 162 valence electrons. The van der Waals surface area contributed by atoms with E-state index < -0.39 is 35.0 Å². The topological polar surface area (TPSA) is 93.5 Å². The summed E-state index contributed by atoms with van der Waals surface area (Å²) in [7, 11) is 1.45. The van der Waals surface area contributed by atoms with Crippen molar-refractivity contribution < 1.29 is 41.2 Å². The predicted octanol–water partition coefficient (Wildman–Crippen LogP) is 1.68. The molecule has 1 aromatic carbocycles. The van der Waals surface area contributed by atoms with Crippen LogP contribution in [0.4, 0.5) is 26.3 Å². The van der Waals surface area contributed by atoms with Gasteiger partial charge in [-0.3, -0.25) is 10.1 Å². The molecule has 0 saturated carbocycles. The lowest BCUT2D eigenvalue weighted by Crippen LogP contribution is -2.87. The minimum Gasteiger partial charge on any atom is -0.359 e. The largest absolute Gasteiger partial charge is 0.416 e. The monoisotopic (exact) mass is 436 g/mol. The van der Waals surface area contributed by atoms with Crippen LogP contribution in [0.1, 0.15) is 17.5 Å². The predicted molar refractivity (Wildman–Crippen MR) is 91.3 cm³/mol. The fourth-order valence-corrected chi connectivity index (χ4v) is 2.25. The maximum atomic E-state index is 13.0. The maximum absolute atomic E-state index is 13.0. The summed E-state index contributed by atoms with van der Waals surface area (Å²) >= 11 is 0. The Balaban J connectivity index is 2.19. The highest BCUT2D eigenvalue weighted by atomic mass is 19.4. The molecule has 0 radical (unpaired) electrons. The van der Waals surface area contributed by atoms with E-state index >= 15 is 0 Å². The molecule has 0 aliphatic heterocycles. The van der Waals surface area contributed by atoms with Crippen LogP contribution in [-0.2, 0) is 21.9 Å². The highest BCUT2D eigenvalue weighted by molar-refractivity contribution is 5.82. The van der Waals surface area contributed by atoms with Gasteiger partial charge in [0.15, 0.2) is 5.82 Å². The standard InChI is InChI=1S/C17H15F6N5O2/c1-24-13(29)2-4-25-14(30)3-5-28-9-26-15(27-28)10-6-11(16(18,19)20)8-12(7-10)17(21,22)23/h3,5-9H,2,4H2,1H3,(H,24,29)(H,25,30)/p+1/b5-3-. The van der Waals surface area contributed by atoms with Crippen LogP contribution in [0.15, 0.2) is 30.6 Å². The molecule has 0 unspecified atom stereocenters. The normalized spacial score (nSPS) is 12.4. The quantitative estimate of drug-likeness (QED) is 0.532. The number of quaternary nitrogens is 1. The third kappa shape index (κ3) is 6.40. The maximum Gasteiger partial charge on any atom is 0.416 e. The second-order valence-corrected chi connectivity index (χ2v) is 5.98. The Morgan fingerprint density at radius 2 is 1.70 bits per heavy atom. The number of rotatable bonds is 6. The number of hydrogen-bond acceptors (Lipinski definition) is 4. The molecular formula is C17H16F6N5O2+. The molecule has 0 spiro atoms. The molecule has 1 aromatic heterocycles. The number of nitrogens with zero attached hydrogens (tertiary/aromatic N) is 3. The van der Waals surface area contributed by atoms with E-state index in [1.807, 2.05) is 0 Å². The molecule has 0 atom stereocenters. The molecular weight excluding hydrogens is 420 g/mol. The number of nitrogens with one attached hydrogen (secondary N) is 1. The van der Waals surface area contributed by atoms with Crippen molar-refractivity contribution in [1.29, 1.82) is 0 Å². The van der Waals surface area contributed by atoms with Crippen LogP contribution in [0.5, 0.6) is 0 Å². The first-order valence-corrected chi connectivity index (χ1v) is 8.37. The average Bonchev–Trinajstić information content (AvgIpc) is 3.13. The van der Waals surface area contributed by atoms with Crippen LogP contribution in [0.3, 0.4) is 0 Å². The van der Waals surface area contributed by atoms with Crippen molar-refractivity contribution in [3.8, 4) is 11.4 Å². The molecule has 2 aromatic rings. The van der Waals surface area contributed by atoms with Crippen LogP contribution in [-0.4, -0.2) is 40.2 Å². The van der Waals surface area contributed by atoms with Gasteiger partial charge in [-0.25, -0.2) is 14.5 Å². The Labute approximate surface area is 165 Å². The summed E-state index contributed by atoms with van der Waals surface area (Å²) < 4.78 is 78.7. The Hall–Kier alpha value is -3.22. The summed E-state index contributed by atoms with van der Waals surface area (Å²) in [5, 5.41) is 7.41. The Morgan fingerprint density at radius 3 is 2.23 bits per heavy atom. The Kier molecular flexibility index (Phi) is 6.97. The van der Waals surface area contributed by atoms with E-state index in [0.29, 0.717) is 12.1 Å². The molecule has 1 heterocycles. The zero-order valence-corrected chi connectivity index (χ0v) is 15.4. The SMILES string of the molecule is CNC(=O)CC[NH2+]C(=O)/C=C\n1cnc(-c2cc(C(F)(F)F)cc(C(F)(F)F)c2)n1. The van der Waals surface area contributed by atoms with Gasteiger partial charge in [0, 0.05) is 18.8 Å². The van der Waals surface area contributed by atoms with Crippen LogP contribution in [0.2, 0.25) is 0 Å². The highest BCUT2D eigenvalue weighted by Gasteiger charge is 2.37. The van der Waals surface area contributed by atoms with Crippen molar-refractivity contribution in [3.05, 3.63) is 41.7 Å². The van der Waals surface area contributed by atoms with Crippen LogP contribution in [0, 0.1) is 0 Å². The smallest absolute Gasteiger partial charge is 0.359 e. The van der Waals surface area contributed by atoms with Crippen molar-refractivity contribution in [1.82, 2.24) is 20.1 Å². The van der Waals surface area contributed by atoms with Crippen LogP contribution >= 0.6 is 0 Å². The fourth-order valence-electron chi connectivity index (χ4n) is 2.25. The van der Waals surface area contributed by atoms with E-state index in [1.165, 1.54) is 12.4 Å². The summed E-state index contributed by atoms with van der Waals surface area (Å²) in [6.45, 7) is 0.190. The van der Waals surface area contributed by atoms with Crippen LogP contribution in [0.25, 0.3) is 17.6 Å². The first kappa shape index (κ1) is 23.1. The van der Waals surface area contributed by atoms with Gasteiger partial charge < -0.3 is 5.32 Å². The van der Waals surface area contributed by atoms with Gasteiger partial charge in [0.1, 0.15) is 6.33 Å². The number of halogens is 6. The first-order chi connectivity index (χ1) is 13.9. The molecule has 0 aliphatic carbocycles. The number of alkyl halides is 6. The third-order valence-electron chi connectivity index (χ3n) is 3.74. The second kappa shape index (κ2) is 9.07. The van der Waals surface area contributed by atoms with Gasteiger partial charge in [0.25, 0.3) is 0 Å². The minimum absolute atomic E-state index is 0.00764. The van der Waals surface area contributed by atoms with E-state index in [9.17, 15) is 35.9 Å². The van der Waals surface area contributed by atoms with Gasteiger partial charge in [0.05, 0.1) is 30.2 Å². The molecule has 0 aliphatic rings. The van der Waals surface area contributed by atoms with E-state index in [4.69, 9.17) is 0 Å². The van der Waals surface area contributed by atoms with Crippen molar-refractivity contribution in [3.63, 3.8) is 0 Å². The van der Waals surface area contributed by atoms with E-state index in [2.05, 4.69) is 15.4 Å². The lowest BCUT2D eigenvalue weighted by Gasteiger charge is -2.13. The number of primary amides is 1. The number of carbonyl (C=O) groups excluding carboxylic acids is 2. The highest BCUT2D eigenvalue weighted by Crippen LogP contribution is 2.37. The lowest BCUT2D eigenvalue weighted by atomic mass is 10.0. The number of benzene rings is 1. The van der Waals surface area contributed by atoms with Crippen LogP contribution < -0.4 is 10.6 Å². The number of amides is 2. The molecule has 2 rings (SSSR count). The van der Waals surface area contributed by atoms with Gasteiger partial charge >= 0.3 is 18.3 Å². The second-order valence-electron chi connectivity index (χ2n) is 5.98. The molecule has 3 N–H and O–H groups in total. The van der Waals surface area contributed by atoms with Gasteiger partial charge in [-0.15, -0.1) is 5.10 Å². The lowest BCUT2D eigenvalue weighted by molar-refractivity contribution is -0.562. The molecule has 0 bridgehead atoms. The van der Waals surface area contributed by atoms with Crippen molar-refractivity contribution in [2.24, 2.45) is 0 Å².